The molecule has 148 valence electrons. The first-order valence-electron chi connectivity index (χ1n) is 9.43. The molecule has 0 saturated carbocycles. The molecule has 0 fully saturated rings. The smallest absolute Gasteiger partial charge is 0.280 e. The third-order valence-corrected chi connectivity index (χ3v) is 4.22. The predicted molar refractivity (Wildman–Crippen MR) is 114 cm³/mol. The van der Waals surface area contributed by atoms with Gasteiger partial charge in [0.15, 0.2) is 6.10 Å². The van der Waals surface area contributed by atoms with Gasteiger partial charge in [-0.2, -0.15) is 5.10 Å². The summed E-state index contributed by atoms with van der Waals surface area (Å²) in [5, 5.41) is 3.98. The second kappa shape index (κ2) is 10.1. The Morgan fingerprint density at radius 1 is 0.966 bits per heavy atom. The Hall–Kier alpha value is -3.60. The van der Waals surface area contributed by atoms with Crippen LogP contribution in [0.25, 0.3) is 0 Å². The number of nitrogens with zero attached hydrogens (tertiary/aromatic N) is 1. The maximum absolute atomic E-state index is 12.1. The number of hydrazone groups is 1. The molecule has 0 saturated heterocycles. The van der Waals surface area contributed by atoms with Crippen molar-refractivity contribution in [2.24, 2.45) is 5.10 Å². The maximum Gasteiger partial charge on any atom is 0.280 e. The number of rotatable bonds is 8. The Kier molecular flexibility index (Phi) is 7.00. The highest BCUT2D eigenvalue weighted by Crippen LogP contribution is 2.19. The number of nitrogens with one attached hydrogen (secondary N) is 1. The van der Waals surface area contributed by atoms with E-state index >= 15 is 0 Å². The van der Waals surface area contributed by atoms with Crippen molar-refractivity contribution in [3.8, 4) is 11.5 Å². The van der Waals surface area contributed by atoms with E-state index in [0.717, 1.165) is 16.9 Å². The first-order chi connectivity index (χ1) is 14.1. The Morgan fingerprint density at radius 3 is 2.31 bits per heavy atom. The molecule has 0 heterocycles. The zero-order valence-electron chi connectivity index (χ0n) is 16.5. The highest BCUT2D eigenvalue weighted by Gasteiger charge is 2.13. The molecule has 1 amide bonds. The standard InChI is InChI=1S/C24H24N2O3/c1-18-8-10-20(11-9-18)16-25-26-24(27)19(2)29-23-14-12-22(13-15-23)28-17-21-6-4-3-5-7-21/h3-16,19H,17H2,1-2H3,(H,26,27)/b25-16+. The first kappa shape index (κ1) is 20.1. The number of carbonyl (C=O) groups excluding carboxylic acids is 1. The van der Waals surface area contributed by atoms with Crippen LogP contribution in [-0.4, -0.2) is 18.2 Å². The number of benzene rings is 3. The maximum atomic E-state index is 12.1. The Bertz CT molecular complexity index is 936. The van der Waals surface area contributed by atoms with E-state index in [0.29, 0.717) is 12.4 Å². The van der Waals surface area contributed by atoms with Crippen LogP contribution in [0.3, 0.4) is 0 Å². The van der Waals surface area contributed by atoms with Gasteiger partial charge in [0.2, 0.25) is 0 Å². The predicted octanol–water partition coefficient (Wildman–Crippen LogP) is 4.49. The van der Waals surface area contributed by atoms with Gasteiger partial charge in [-0.3, -0.25) is 4.79 Å². The number of carbonyl (C=O) groups is 1. The third kappa shape index (κ3) is 6.50. The highest BCUT2D eigenvalue weighted by molar-refractivity contribution is 5.84. The lowest BCUT2D eigenvalue weighted by atomic mass is 10.2. The fourth-order valence-corrected chi connectivity index (χ4v) is 2.53. The molecule has 5 nitrogen and oxygen atoms in total. The van der Waals surface area contributed by atoms with E-state index in [9.17, 15) is 4.79 Å². The highest BCUT2D eigenvalue weighted by atomic mass is 16.5. The summed E-state index contributed by atoms with van der Waals surface area (Å²) in [6.45, 7) is 4.19. The van der Waals surface area contributed by atoms with E-state index in [2.05, 4.69) is 10.5 Å². The van der Waals surface area contributed by atoms with Crippen molar-refractivity contribution in [1.82, 2.24) is 5.43 Å². The summed E-state index contributed by atoms with van der Waals surface area (Å²) in [7, 11) is 0. The monoisotopic (exact) mass is 388 g/mol. The number of ether oxygens (including phenoxy) is 2. The first-order valence-corrected chi connectivity index (χ1v) is 9.43. The number of aryl methyl sites for hydroxylation is 1. The minimum absolute atomic E-state index is 0.322. The van der Waals surface area contributed by atoms with Gasteiger partial charge in [0.05, 0.1) is 6.21 Å². The molecule has 29 heavy (non-hydrogen) atoms. The van der Waals surface area contributed by atoms with Crippen LogP contribution in [0.2, 0.25) is 0 Å². The van der Waals surface area contributed by atoms with Crippen molar-refractivity contribution < 1.29 is 14.3 Å². The van der Waals surface area contributed by atoms with Gasteiger partial charge in [0.1, 0.15) is 18.1 Å². The quantitative estimate of drug-likeness (QED) is 0.457. The Labute approximate surface area is 171 Å². The minimum Gasteiger partial charge on any atom is -0.489 e. The molecule has 0 bridgehead atoms. The molecule has 0 spiro atoms. The summed E-state index contributed by atoms with van der Waals surface area (Å²) in [5.74, 6) is 1.00. The molecule has 0 radical (unpaired) electrons. The average molecular weight is 388 g/mol. The molecule has 1 unspecified atom stereocenters. The van der Waals surface area contributed by atoms with Crippen LogP contribution in [0.1, 0.15) is 23.6 Å². The van der Waals surface area contributed by atoms with Crippen molar-refractivity contribution >= 4 is 12.1 Å². The van der Waals surface area contributed by atoms with E-state index in [1.165, 1.54) is 5.56 Å². The van der Waals surface area contributed by atoms with E-state index < -0.39 is 6.10 Å². The van der Waals surface area contributed by atoms with Gasteiger partial charge in [0.25, 0.3) is 5.91 Å². The summed E-state index contributed by atoms with van der Waals surface area (Å²) in [6, 6.07) is 25.0. The van der Waals surface area contributed by atoms with Crippen LogP contribution in [0.15, 0.2) is 84.0 Å². The van der Waals surface area contributed by atoms with Crippen LogP contribution in [0.4, 0.5) is 0 Å². The summed E-state index contributed by atoms with van der Waals surface area (Å²) in [6.07, 6.45) is 0.921. The van der Waals surface area contributed by atoms with Crippen molar-refractivity contribution in [1.29, 1.82) is 0 Å². The van der Waals surface area contributed by atoms with E-state index in [1.807, 2.05) is 73.7 Å². The van der Waals surface area contributed by atoms with Gasteiger partial charge in [0, 0.05) is 0 Å². The lowest BCUT2D eigenvalue weighted by Gasteiger charge is -2.13. The molecule has 0 aromatic heterocycles. The van der Waals surface area contributed by atoms with E-state index in [-0.39, 0.29) is 5.91 Å². The van der Waals surface area contributed by atoms with Gasteiger partial charge in [-0.1, -0.05) is 60.2 Å². The lowest BCUT2D eigenvalue weighted by molar-refractivity contribution is -0.127. The number of hydrogen-bond acceptors (Lipinski definition) is 4. The number of hydrogen-bond donors (Lipinski definition) is 1. The summed E-state index contributed by atoms with van der Waals surface area (Å²) >= 11 is 0. The average Bonchev–Trinajstić information content (AvgIpc) is 2.75. The molecule has 1 N–H and O–H groups in total. The molecule has 0 aliphatic carbocycles. The minimum atomic E-state index is -0.679. The topological polar surface area (TPSA) is 59.9 Å². The van der Waals surface area contributed by atoms with Crippen LogP contribution < -0.4 is 14.9 Å². The number of amides is 1. The normalized spacial score (nSPS) is 11.8. The zero-order chi connectivity index (χ0) is 20.5. The van der Waals surface area contributed by atoms with Crippen LogP contribution in [0.5, 0.6) is 11.5 Å². The zero-order valence-corrected chi connectivity index (χ0v) is 16.5. The molecule has 3 rings (SSSR count). The van der Waals surface area contributed by atoms with Crippen LogP contribution in [-0.2, 0) is 11.4 Å². The van der Waals surface area contributed by atoms with Crippen molar-refractivity contribution in [2.75, 3.05) is 0 Å². The summed E-state index contributed by atoms with van der Waals surface area (Å²) in [5.41, 5.74) is 5.68. The van der Waals surface area contributed by atoms with Gasteiger partial charge < -0.3 is 9.47 Å². The van der Waals surface area contributed by atoms with Crippen molar-refractivity contribution in [2.45, 2.75) is 26.6 Å². The van der Waals surface area contributed by atoms with Gasteiger partial charge in [-0.05, 0) is 49.2 Å². The van der Waals surface area contributed by atoms with Gasteiger partial charge in [-0.25, -0.2) is 5.43 Å². The lowest BCUT2D eigenvalue weighted by Crippen LogP contribution is -2.33. The molecule has 0 aliphatic rings. The molecule has 3 aromatic carbocycles. The fourth-order valence-electron chi connectivity index (χ4n) is 2.53. The molecule has 3 aromatic rings. The van der Waals surface area contributed by atoms with Crippen molar-refractivity contribution in [3.63, 3.8) is 0 Å². The summed E-state index contributed by atoms with van der Waals surface area (Å²) in [4.78, 5) is 12.1. The Morgan fingerprint density at radius 2 is 1.62 bits per heavy atom. The SMILES string of the molecule is Cc1ccc(/C=N/NC(=O)C(C)Oc2ccc(OCc3ccccc3)cc2)cc1. The van der Waals surface area contributed by atoms with Crippen LogP contribution >= 0.6 is 0 Å². The van der Waals surface area contributed by atoms with Gasteiger partial charge in [-0.15, -0.1) is 0 Å². The van der Waals surface area contributed by atoms with E-state index in [4.69, 9.17) is 9.47 Å². The molecule has 5 heteroatoms. The molecular weight excluding hydrogens is 364 g/mol. The van der Waals surface area contributed by atoms with Crippen molar-refractivity contribution in [3.05, 3.63) is 95.6 Å². The largest absolute Gasteiger partial charge is 0.489 e. The molecular formula is C24H24N2O3. The van der Waals surface area contributed by atoms with E-state index in [1.54, 1.807) is 25.3 Å². The molecule has 1 atom stereocenters. The Balaban J connectivity index is 1.46. The third-order valence-electron chi connectivity index (χ3n) is 4.22. The second-order valence-electron chi connectivity index (χ2n) is 6.65. The van der Waals surface area contributed by atoms with Crippen LogP contribution in [0, 0.1) is 6.92 Å². The summed E-state index contributed by atoms with van der Waals surface area (Å²) < 4.78 is 11.4. The van der Waals surface area contributed by atoms with Gasteiger partial charge >= 0.3 is 0 Å². The second-order valence-corrected chi connectivity index (χ2v) is 6.65. The fraction of sp³-hybridized carbons (Fsp3) is 0.167. The molecule has 0 aliphatic heterocycles.